The number of nitrogen functional groups attached to an aromatic ring is 1. The topological polar surface area (TPSA) is 69.4 Å². The molecule has 0 heterocycles. The highest BCUT2D eigenvalue weighted by atomic mass is 32.2. The molecule has 0 spiro atoms. The van der Waals surface area contributed by atoms with Crippen molar-refractivity contribution in [1.29, 1.82) is 0 Å². The summed E-state index contributed by atoms with van der Waals surface area (Å²) < 4.78 is 27.9. The SMILES string of the molecule is CCc1ccc(OCCS(=O)(=O)CC)c(N)c1. The Bertz CT molecular complexity index is 469. The van der Waals surface area contributed by atoms with Gasteiger partial charge in [0.25, 0.3) is 0 Å². The van der Waals surface area contributed by atoms with E-state index >= 15 is 0 Å². The smallest absolute Gasteiger partial charge is 0.153 e. The maximum atomic E-state index is 11.3. The molecule has 0 fully saturated rings. The number of anilines is 1. The molecule has 0 saturated heterocycles. The molecule has 0 aliphatic heterocycles. The first-order valence-electron chi connectivity index (χ1n) is 5.70. The molecule has 1 aromatic rings. The molecule has 0 unspecified atom stereocenters. The third-order valence-corrected chi connectivity index (χ3v) is 4.24. The summed E-state index contributed by atoms with van der Waals surface area (Å²) in [6, 6.07) is 5.57. The molecule has 17 heavy (non-hydrogen) atoms. The molecule has 2 N–H and O–H groups in total. The summed E-state index contributed by atoms with van der Waals surface area (Å²) in [5, 5.41) is 0. The van der Waals surface area contributed by atoms with Gasteiger partial charge in [-0.15, -0.1) is 0 Å². The zero-order valence-corrected chi connectivity index (χ0v) is 11.1. The average Bonchev–Trinajstić information content (AvgIpc) is 2.31. The van der Waals surface area contributed by atoms with Crippen molar-refractivity contribution >= 4 is 15.5 Å². The summed E-state index contributed by atoms with van der Waals surface area (Å²) in [5.74, 6) is 0.715. The van der Waals surface area contributed by atoms with Crippen molar-refractivity contribution in [1.82, 2.24) is 0 Å². The van der Waals surface area contributed by atoms with Crippen molar-refractivity contribution in [3.63, 3.8) is 0 Å². The number of hydrogen-bond acceptors (Lipinski definition) is 4. The molecule has 0 aromatic heterocycles. The third kappa shape index (κ3) is 4.26. The van der Waals surface area contributed by atoms with Gasteiger partial charge in [0.15, 0.2) is 9.84 Å². The Balaban J connectivity index is 2.58. The second-order valence-electron chi connectivity index (χ2n) is 3.81. The van der Waals surface area contributed by atoms with E-state index in [0.717, 1.165) is 12.0 Å². The van der Waals surface area contributed by atoms with Gasteiger partial charge in [0.2, 0.25) is 0 Å². The molecule has 1 aromatic carbocycles. The van der Waals surface area contributed by atoms with Crippen LogP contribution in [0.1, 0.15) is 19.4 Å². The van der Waals surface area contributed by atoms with Crippen molar-refractivity contribution in [2.75, 3.05) is 23.8 Å². The third-order valence-electron chi connectivity index (χ3n) is 2.57. The minimum absolute atomic E-state index is 0.0263. The highest BCUT2D eigenvalue weighted by molar-refractivity contribution is 7.91. The van der Waals surface area contributed by atoms with E-state index in [1.54, 1.807) is 13.0 Å². The van der Waals surface area contributed by atoms with E-state index in [0.29, 0.717) is 11.4 Å². The van der Waals surface area contributed by atoms with Gasteiger partial charge in [-0.2, -0.15) is 0 Å². The number of benzene rings is 1. The Kier molecular flexibility index (Phi) is 4.81. The zero-order valence-electron chi connectivity index (χ0n) is 10.3. The molecule has 0 aliphatic carbocycles. The number of hydrogen-bond donors (Lipinski definition) is 1. The number of rotatable bonds is 6. The van der Waals surface area contributed by atoms with Crippen molar-refractivity contribution in [3.8, 4) is 5.75 Å². The Morgan fingerprint density at radius 1 is 1.29 bits per heavy atom. The minimum Gasteiger partial charge on any atom is -0.490 e. The first kappa shape index (κ1) is 13.8. The number of sulfone groups is 1. The largest absolute Gasteiger partial charge is 0.490 e. The molecule has 5 heteroatoms. The fraction of sp³-hybridized carbons (Fsp3) is 0.500. The van der Waals surface area contributed by atoms with E-state index < -0.39 is 9.84 Å². The molecular formula is C12H19NO3S. The van der Waals surface area contributed by atoms with Crippen LogP contribution in [0, 0.1) is 0 Å². The van der Waals surface area contributed by atoms with E-state index in [-0.39, 0.29) is 18.1 Å². The first-order chi connectivity index (χ1) is 7.98. The molecule has 0 radical (unpaired) electrons. The lowest BCUT2D eigenvalue weighted by molar-refractivity contribution is 0.342. The predicted octanol–water partition coefficient (Wildman–Crippen LogP) is 1.64. The van der Waals surface area contributed by atoms with Gasteiger partial charge in [-0.3, -0.25) is 0 Å². The van der Waals surface area contributed by atoms with Crippen LogP contribution in [0.15, 0.2) is 18.2 Å². The lowest BCUT2D eigenvalue weighted by Gasteiger charge is -2.09. The van der Waals surface area contributed by atoms with Gasteiger partial charge < -0.3 is 10.5 Å². The molecule has 96 valence electrons. The standard InChI is InChI=1S/C12H19NO3S/c1-3-10-5-6-12(11(13)9-10)16-7-8-17(14,15)4-2/h5-6,9H,3-4,7-8,13H2,1-2H3. The summed E-state index contributed by atoms with van der Waals surface area (Å²) in [6.45, 7) is 3.81. The summed E-state index contributed by atoms with van der Waals surface area (Å²) in [7, 11) is -2.98. The van der Waals surface area contributed by atoms with Crippen molar-refractivity contribution in [3.05, 3.63) is 23.8 Å². The molecule has 4 nitrogen and oxygen atoms in total. The molecule has 0 bridgehead atoms. The zero-order chi connectivity index (χ0) is 12.9. The van der Waals surface area contributed by atoms with Gasteiger partial charge in [-0.25, -0.2) is 8.42 Å². The van der Waals surface area contributed by atoms with Crippen LogP contribution in [-0.2, 0) is 16.3 Å². The van der Waals surface area contributed by atoms with E-state index in [2.05, 4.69) is 0 Å². The number of aryl methyl sites for hydroxylation is 1. The van der Waals surface area contributed by atoms with E-state index in [9.17, 15) is 8.42 Å². The van der Waals surface area contributed by atoms with Gasteiger partial charge in [-0.1, -0.05) is 19.9 Å². The highest BCUT2D eigenvalue weighted by Crippen LogP contribution is 2.22. The maximum Gasteiger partial charge on any atom is 0.153 e. The van der Waals surface area contributed by atoms with Crippen LogP contribution in [0.3, 0.4) is 0 Å². The summed E-state index contributed by atoms with van der Waals surface area (Å²) in [6.07, 6.45) is 0.911. The van der Waals surface area contributed by atoms with Crippen molar-refractivity contribution in [2.45, 2.75) is 20.3 Å². The monoisotopic (exact) mass is 257 g/mol. The van der Waals surface area contributed by atoms with Crippen LogP contribution in [0.5, 0.6) is 5.75 Å². The summed E-state index contributed by atoms with van der Waals surface area (Å²) >= 11 is 0. The van der Waals surface area contributed by atoms with Crippen LogP contribution in [0.2, 0.25) is 0 Å². The fourth-order valence-corrected chi connectivity index (χ4v) is 2.00. The van der Waals surface area contributed by atoms with E-state index in [4.69, 9.17) is 10.5 Å². The van der Waals surface area contributed by atoms with Crippen LogP contribution >= 0.6 is 0 Å². The molecule has 0 amide bonds. The summed E-state index contributed by atoms with van der Waals surface area (Å²) in [4.78, 5) is 0. The van der Waals surface area contributed by atoms with Gasteiger partial charge in [-0.05, 0) is 24.1 Å². The second kappa shape index (κ2) is 5.91. The average molecular weight is 257 g/mol. The molecule has 1 rings (SSSR count). The van der Waals surface area contributed by atoms with Crippen molar-refractivity contribution in [2.24, 2.45) is 0 Å². The van der Waals surface area contributed by atoms with Gasteiger partial charge in [0.1, 0.15) is 12.4 Å². The second-order valence-corrected chi connectivity index (χ2v) is 6.28. The van der Waals surface area contributed by atoms with Crippen molar-refractivity contribution < 1.29 is 13.2 Å². The lowest BCUT2D eigenvalue weighted by atomic mass is 10.1. The normalized spacial score (nSPS) is 11.4. The molecule has 0 aliphatic rings. The lowest BCUT2D eigenvalue weighted by Crippen LogP contribution is -2.16. The van der Waals surface area contributed by atoms with Crippen LogP contribution < -0.4 is 10.5 Å². The van der Waals surface area contributed by atoms with Gasteiger partial charge in [0, 0.05) is 5.75 Å². The highest BCUT2D eigenvalue weighted by Gasteiger charge is 2.08. The Morgan fingerprint density at radius 3 is 2.53 bits per heavy atom. The summed E-state index contributed by atoms with van der Waals surface area (Å²) in [5.41, 5.74) is 7.49. The number of ether oxygens (including phenoxy) is 1. The predicted molar refractivity (Wildman–Crippen MR) is 70.1 cm³/mol. The fourth-order valence-electron chi connectivity index (χ4n) is 1.37. The molecular weight excluding hydrogens is 238 g/mol. The Hall–Kier alpha value is -1.23. The van der Waals surface area contributed by atoms with E-state index in [1.807, 2.05) is 19.1 Å². The minimum atomic E-state index is -2.98. The number of nitrogens with two attached hydrogens (primary N) is 1. The van der Waals surface area contributed by atoms with E-state index in [1.165, 1.54) is 0 Å². The van der Waals surface area contributed by atoms with Crippen LogP contribution in [0.4, 0.5) is 5.69 Å². The maximum absolute atomic E-state index is 11.3. The Morgan fingerprint density at radius 2 is 2.00 bits per heavy atom. The Labute approximate surface area is 103 Å². The van der Waals surface area contributed by atoms with Crippen LogP contribution in [0.25, 0.3) is 0 Å². The molecule has 0 atom stereocenters. The quantitative estimate of drug-likeness (QED) is 0.787. The first-order valence-corrected chi connectivity index (χ1v) is 7.52. The van der Waals surface area contributed by atoms with Gasteiger partial charge >= 0.3 is 0 Å². The van der Waals surface area contributed by atoms with Gasteiger partial charge in [0.05, 0.1) is 11.4 Å². The van der Waals surface area contributed by atoms with Crippen LogP contribution in [-0.4, -0.2) is 26.5 Å². The molecule has 0 saturated carbocycles.